The van der Waals surface area contributed by atoms with Crippen LogP contribution in [0.2, 0.25) is 0 Å². The van der Waals surface area contributed by atoms with Crippen LogP contribution in [0.3, 0.4) is 0 Å². The van der Waals surface area contributed by atoms with E-state index in [1.807, 2.05) is 0 Å². The van der Waals surface area contributed by atoms with Crippen LogP contribution in [0.15, 0.2) is 0 Å². The second-order valence-electron chi connectivity index (χ2n) is 0.582. The van der Waals surface area contributed by atoms with Crippen LogP contribution in [0, 0.1) is 0 Å². The summed E-state index contributed by atoms with van der Waals surface area (Å²) >= 11 is 0.945. The third-order valence-electron chi connectivity index (χ3n) is 0.119. The summed E-state index contributed by atoms with van der Waals surface area (Å²) in [6, 6.07) is 0. The molecule has 0 bridgehead atoms. The SMILES string of the molecule is O=P(O)(O)[O][Ti].[LiH]. The fourth-order valence-electron chi connectivity index (χ4n) is 0. The molecule has 0 aromatic carbocycles. The van der Waals surface area contributed by atoms with Crippen LogP contribution in [0.4, 0.5) is 0 Å². The molecule has 0 radical (unpaired) electrons. The summed E-state index contributed by atoms with van der Waals surface area (Å²) in [5.41, 5.74) is 0. The number of hydrogen-bond acceptors (Lipinski definition) is 2. The van der Waals surface area contributed by atoms with E-state index < -0.39 is 7.82 Å². The van der Waals surface area contributed by atoms with Crippen LogP contribution in [0.1, 0.15) is 0 Å². The molecule has 0 aromatic heterocycles. The molecular weight excluding hydrogens is 150 g/mol. The van der Waals surface area contributed by atoms with Crippen LogP contribution in [-0.4, -0.2) is 28.6 Å². The third-order valence-corrected chi connectivity index (χ3v) is 1.47. The zero-order valence-electron chi connectivity index (χ0n) is 2.66. The zero-order valence-corrected chi connectivity index (χ0v) is 5.11. The molecule has 0 aliphatic carbocycles. The topological polar surface area (TPSA) is 66.8 Å². The fraction of sp³-hybridized carbons (Fsp3) is 0. The Morgan fingerprint density at radius 2 is 1.71 bits per heavy atom. The Labute approximate surface area is 64.9 Å². The molecule has 0 saturated heterocycles. The van der Waals surface area contributed by atoms with Crippen molar-refractivity contribution in [3.63, 3.8) is 0 Å². The van der Waals surface area contributed by atoms with Crippen molar-refractivity contribution in [3.05, 3.63) is 0 Å². The summed E-state index contributed by atoms with van der Waals surface area (Å²) in [6.45, 7) is 0. The molecule has 0 aromatic rings. The first kappa shape index (κ1) is 11.2. The van der Waals surface area contributed by atoms with Gasteiger partial charge in [-0.15, -0.1) is 0 Å². The molecule has 2 N–H and O–H groups in total. The number of hydrogen-bond donors (Lipinski definition) is 2. The van der Waals surface area contributed by atoms with Gasteiger partial charge in [-0.2, -0.15) is 0 Å². The molecule has 0 aliphatic rings. The van der Waals surface area contributed by atoms with Crippen LogP contribution in [-0.2, 0) is 28.5 Å². The van der Waals surface area contributed by atoms with Gasteiger partial charge in [-0.05, 0) is 0 Å². The van der Waals surface area contributed by atoms with Gasteiger partial charge >= 0.3 is 65.0 Å². The van der Waals surface area contributed by atoms with E-state index in [4.69, 9.17) is 9.79 Å². The molecule has 0 spiro atoms. The van der Waals surface area contributed by atoms with Crippen LogP contribution >= 0.6 is 7.82 Å². The average molecular weight is 153 g/mol. The van der Waals surface area contributed by atoms with Gasteiger partial charge in [0.1, 0.15) is 0 Å². The Hall–Kier alpha value is 1.42. The van der Waals surface area contributed by atoms with E-state index in [0.29, 0.717) is 0 Å². The molecule has 0 fully saturated rings. The normalized spacial score (nSPS) is 9.86. The van der Waals surface area contributed by atoms with Crippen molar-refractivity contribution in [2.75, 3.05) is 0 Å². The second-order valence-corrected chi connectivity index (χ2v) is 2.60. The molecule has 0 saturated carbocycles. The van der Waals surface area contributed by atoms with E-state index in [9.17, 15) is 4.57 Å². The quantitative estimate of drug-likeness (QED) is 0.370. The van der Waals surface area contributed by atoms with Gasteiger partial charge < -0.3 is 0 Å². The molecule has 37 valence electrons. The van der Waals surface area contributed by atoms with Gasteiger partial charge in [-0.3, -0.25) is 0 Å². The van der Waals surface area contributed by atoms with E-state index in [-0.39, 0.29) is 18.9 Å². The first-order chi connectivity index (χ1) is 2.56. The van der Waals surface area contributed by atoms with Crippen LogP contribution in [0.25, 0.3) is 0 Å². The summed E-state index contributed by atoms with van der Waals surface area (Å²) in [5, 5.41) is 0. The van der Waals surface area contributed by atoms with E-state index in [1.165, 1.54) is 0 Å². The first-order valence-electron chi connectivity index (χ1n) is 0.969. The Morgan fingerprint density at radius 1 is 1.57 bits per heavy atom. The van der Waals surface area contributed by atoms with E-state index in [1.54, 1.807) is 0 Å². The van der Waals surface area contributed by atoms with E-state index >= 15 is 0 Å². The molecule has 0 aliphatic heterocycles. The Balaban J connectivity index is 0. The minimum atomic E-state index is -4.15. The number of rotatable bonds is 1. The molecule has 7 heavy (non-hydrogen) atoms. The standard InChI is InChI=1S/Li.H3O4P.Ti.H/c;1-5(2,3)4;;/h;(H3,1,2,3,4);;/q;;+1;/p-1. The van der Waals surface area contributed by atoms with Gasteiger partial charge in [0.05, 0.1) is 0 Å². The van der Waals surface area contributed by atoms with Crippen LogP contribution in [0.5, 0.6) is 0 Å². The summed E-state index contributed by atoms with van der Waals surface area (Å²) in [4.78, 5) is 15.4. The summed E-state index contributed by atoms with van der Waals surface area (Å²) in [6.07, 6.45) is 0. The minimum absolute atomic E-state index is 0. The average Bonchev–Trinajstić information content (AvgIpc) is 1.35. The summed E-state index contributed by atoms with van der Waals surface area (Å²) < 4.78 is 13.1. The van der Waals surface area contributed by atoms with Gasteiger partial charge in [0.15, 0.2) is 0 Å². The summed E-state index contributed by atoms with van der Waals surface area (Å²) in [7, 11) is -4.15. The molecule has 0 amide bonds. The number of phosphoric acid groups is 1. The van der Waals surface area contributed by atoms with Crippen molar-refractivity contribution in [2.24, 2.45) is 0 Å². The molecule has 0 atom stereocenters. The Kier molecular flexibility index (Phi) is 6.93. The van der Waals surface area contributed by atoms with Crippen molar-refractivity contribution >= 4 is 26.7 Å². The Bertz CT molecular complexity index is 75.8. The predicted molar refractivity (Wildman–Crippen MR) is 20.3 cm³/mol. The van der Waals surface area contributed by atoms with E-state index in [0.717, 1.165) is 20.8 Å². The molecule has 0 rings (SSSR count). The van der Waals surface area contributed by atoms with E-state index in [2.05, 4.69) is 3.11 Å². The molecule has 0 heterocycles. The molecular formula is H3LiO4PTi. The van der Waals surface area contributed by atoms with Gasteiger partial charge in [0, 0.05) is 0 Å². The molecule has 0 unspecified atom stereocenters. The van der Waals surface area contributed by atoms with Crippen molar-refractivity contribution in [1.82, 2.24) is 0 Å². The maximum absolute atomic E-state index is 9.47. The zero-order chi connectivity index (χ0) is 5.21. The monoisotopic (exact) mass is 153 g/mol. The van der Waals surface area contributed by atoms with Crippen molar-refractivity contribution < 1.29 is 38.3 Å². The van der Waals surface area contributed by atoms with Crippen molar-refractivity contribution in [1.29, 1.82) is 0 Å². The van der Waals surface area contributed by atoms with Crippen LogP contribution < -0.4 is 0 Å². The molecule has 4 nitrogen and oxygen atoms in total. The second kappa shape index (κ2) is 4.32. The van der Waals surface area contributed by atoms with Crippen molar-refractivity contribution in [2.45, 2.75) is 0 Å². The third kappa shape index (κ3) is 11.2. The van der Waals surface area contributed by atoms with Gasteiger partial charge in [0.25, 0.3) is 0 Å². The fourth-order valence-corrected chi connectivity index (χ4v) is 0. The first-order valence-corrected chi connectivity index (χ1v) is 3.14. The Morgan fingerprint density at radius 3 is 1.71 bits per heavy atom. The predicted octanol–water partition coefficient (Wildman–Crippen LogP) is -1.09. The van der Waals surface area contributed by atoms with Crippen molar-refractivity contribution in [3.8, 4) is 0 Å². The molecule has 7 heteroatoms. The summed E-state index contributed by atoms with van der Waals surface area (Å²) in [5.74, 6) is 0. The van der Waals surface area contributed by atoms with Gasteiger partial charge in [0.2, 0.25) is 0 Å². The maximum atomic E-state index is 9.47. The van der Waals surface area contributed by atoms with Gasteiger partial charge in [-0.25, -0.2) is 0 Å². The van der Waals surface area contributed by atoms with Gasteiger partial charge in [-0.1, -0.05) is 0 Å².